The van der Waals surface area contributed by atoms with Crippen LogP contribution >= 0.6 is 0 Å². The molecule has 0 saturated heterocycles. The van der Waals surface area contributed by atoms with Crippen LogP contribution < -0.4 is 4.74 Å². The Morgan fingerprint density at radius 1 is 1.06 bits per heavy atom. The Kier molecular flexibility index (Phi) is 4.42. The molecule has 6 nitrogen and oxygen atoms in total. The quantitative estimate of drug-likeness (QED) is 0.461. The lowest BCUT2D eigenvalue weighted by molar-refractivity contribution is 0.0734. The first-order chi connectivity index (χ1) is 15.7. The van der Waals surface area contributed by atoms with E-state index in [1.165, 1.54) is 16.6 Å². The van der Waals surface area contributed by atoms with Crippen LogP contribution in [0, 0.1) is 0 Å². The van der Waals surface area contributed by atoms with E-state index in [0.717, 1.165) is 23.3 Å². The fourth-order valence-electron chi connectivity index (χ4n) is 4.46. The molecule has 3 aromatic heterocycles. The van der Waals surface area contributed by atoms with Gasteiger partial charge in [-0.3, -0.25) is 4.79 Å². The van der Waals surface area contributed by atoms with Gasteiger partial charge in [-0.15, -0.1) is 0 Å². The molecule has 0 saturated carbocycles. The van der Waals surface area contributed by atoms with E-state index in [0.29, 0.717) is 31.0 Å². The van der Waals surface area contributed by atoms with Gasteiger partial charge in [-0.25, -0.2) is 4.98 Å². The summed E-state index contributed by atoms with van der Waals surface area (Å²) in [5.41, 5.74) is 5.96. The number of hydrogen-bond acceptors (Lipinski definition) is 3. The Bertz CT molecular complexity index is 1420. The maximum absolute atomic E-state index is 13.3. The number of aromatic nitrogens is 3. The van der Waals surface area contributed by atoms with Crippen molar-refractivity contribution >= 4 is 22.5 Å². The molecule has 0 atom stereocenters. The summed E-state index contributed by atoms with van der Waals surface area (Å²) >= 11 is 0. The zero-order chi connectivity index (χ0) is 21.5. The number of carbonyl (C=O) groups excluding carboxylic acids is 1. The van der Waals surface area contributed by atoms with Crippen LogP contribution in [0.2, 0.25) is 0 Å². The van der Waals surface area contributed by atoms with Gasteiger partial charge < -0.3 is 19.0 Å². The van der Waals surface area contributed by atoms with E-state index >= 15 is 0 Å². The minimum Gasteiger partial charge on any atom is -0.487 e. The summed E-state index contributed by atoms with van der Waals surface area (Å²) in [6.07, 6.45) is 4.75. The summed E-state index contributed by atoms with van der Waals surface area (Å²) in [5.74, 6) is 0.691. The number of H-pyrrole nitrogens is 1. The molecule has 4 heterocycles. The van der Waals surface area contributed by atoms with Crippen molar-refractivity contribution in [3.8, 4) is 5.75 Å². The Morgan fingerprint density at radius 3 is 2.91 bits per heavy atom. The lowest BCUT2D eigenvalue weighted by atomic mass is 10.0. The van der Waals surface area contributed by atoms with Gasteiger partial charge in [-0.2, -0.15) is 0 Å². The number of aromatic amines is 1. The number of carbonyl (C=O) groups is 1. The van der Waals surface area contributed by atoms with Crippen molar-refractivity contribution in [2.45, 2.75) is 19.6 Å². The number of para-hydroxylation sites is 1. The smallest absolute Gasteiger partial charge is 0.254 e. The van der Waals surface area contributed by atoms with Crippen molar-refractivity contribution < 1.29 is 9.53 Å². The number of pyridine rings is 1. The molecule has 5 aromatic rings. The average Bonchev–Trinajstić information content (AvgIpc) is 3.43. The second-order valence-electron chi connectivity index (χ2n) is 8.12. The molecule has 0 bridgehead atoms. The number of nitrogens with one attached hydrogen (secondary N) is 1. The second-order valence-corrected chi connectivity index (χ2v) is 8.12. The number of ether oxygens (including phenoxy) is 1. The number of rotatable bonds is 4. The van der Waals surface area contributed by atoms with Crippen LogP contribution in [0.5, 0.6) is 5.75 Å². The number of fused-ring (bicyclic) bond motifs is 4. The third-order valence-electron chi connectivity index (χ3n) is 6.05. The number of hydrogen-bond donors (Lipinski definition) is 1. The summed E-state index contributed by atoms with van der Waals surface area (Å²) in [6, 6.07) is 21.6. The third-order valence-corrected chi connectivity index (χ3v) is 6.05. The van der Waals surface area contributed by atoms with Gasteiger partial charge in [0.2, 0.25) is 0 Å². The van der Waals surface area contributed by atoms with E-state index in [1.807, 2.05) is 76.3 Å². The molecule has 1 aliphatic heterocycles. The van der Waals surface area contributed by atoms with E-state index in [-0.39, 0.29) is 5.91 Å². The van der Waals surface area contributed by atoms with Crippen molar-refractivity contribution in [1.82, 2.24) is 19.3 Å². The molecular formula is C26H22N4O2. The SMILES string of the molecule is O=C(c1cccc(OCc2cn3ccccc3n2)c1)N1CCc2[nH]c3ccccc3c2C1. The molecule has 6 rings (SSSR count). The van der Waals surface area contributed by atoms with Gasteiger partial charge in [0.25, 0.3) is 5.91 Å². The lowest BCUT2D eigenvalue weighted by Gasteiger charge is -2.27. The maximum atomic E-state index is 13.3. The van der Waals surface area contributed by atoms with E-state index in [1.54, 1.807) is 0 Å². The Hall–Kier alpha value is -4.06. The Balaban J connectivity index is 1.19. The van der Waals surface area contributed by atoms with Crippen LogP contribution in [0.1, 0.15) is 27.3 Å². The van der Waals surface area contributed by atoms with Gasteiger partial charge in [0.1, 0.15) is 18.0 Å². The predicted octanol–water partition coefficient (Wildman–Crippen LogP) is 4.59. The standard InChI is InChI=1S/C26H22N4O2/c31-26(30-13-11-24-22(16-30)21-8-1-2-9-23(21)28-24)18-6-5-7-20(14-18)32-17-19-15-29-12-4-3-10-25(29)27-19/h1-10,12,14-15,28H,11,13,16-17H2. The van der Waals surface area contributed by atoms with Crippen LogP contribution in [-0.4, -0.2) is 31.7 Å². The second kappa shape index (κ2) is 7.57. The molecule has 1 N–H and O–H groups in total. The van der Waals surface area contributed by atoms with Gasteiger partial charge in [0, 0.05) is 59.6 Å². The topological polar surface area (TPSA) is 62.6 Å². The fourth-order valence-corrected chi connectivity index (χ4v) is 4.46. The van der Waals surface area contributed by atoms with Gasteiger partial charge >= 0.3 is 0 Å². The van der Waals surface area contributed by atoms with Gasteiger partial charge in [-0.1, -0.05) is 30.3 Å². The summed E-state index contributed by atoms with van der Waals surface area (Å²) in [7, 11) is 0. The highest BCUT2D eigenvalue weighted by Gasteiger charge is 2.25. The van der Waals surface area contributed by atoms with Crippen molar-refractivity contribution in [1.29, 1.82) is 0 Å². The molecule has 0 unspecified atom stereocenters. The zero-order valence-corrected chi connectivity index (χ0v) is 17.5. The van der Waals surface area contributed by atoms with Crippen LogP contribution in [-0.2, 0) is 19.6 Å². The molecular weight excluding hydrogens is 400 g/mol. The first-order valence-corrected chi connectivity index (χ1v) is 10.8. The van der Waals surface area contributed by atoms with Crippen molar-refractivity contribution in [2.24, 2.45) is 0 Å². The first-order valence-electron chi connectivity index (χ1n) is 10.8. The average molecular weight is 422 g/mol. The number of nitrogens with zero attached hydrogens (tertiary/aromatic N) is 3. The minimum atomic E-state index is 0.0270. The molecule has 1 aliphatic rings. The van der Waals surface area contributed by atoms with Crippen LogP contribution in [0.15, 0.2) is 79.1 Å². The summed E-state index contributed by atoms with van der Waals surface area (Å²) in [5, 5.41) is 1.20. The monoisotopic (exact) mass is 422 g/mol. The molecule has 1 amide bonds. The van der Waals surface area contributed by atoms with Gasteiger partial charge in [0.05, 0.1) is 5.69 Å². The van der Waals surface area contributed by atoms with Gasteiger partial charge in [0.15, 0.2) is 0 Å². The predicted molar refractivity (Wildman–Crippen MR) is 123 cm³/mol. The summed E-state index contributed by atoms with van der Waals surface area (Å²) in [4.78, 5) is 23.2. The van der Waals surface area contributed by atoms with E-state index in [2.05, 4.69) is 22.1 Å². The van der Waals surface area contributed by atoms with Crippen LogP contribution in [0.4, 0.5) is 0 Å². The van der Waals surface area contributed by atoms with Crippen molar-refractivity contribution in [3.63, 3.8) is 0 Å². The van der Waals surface area contributed by atoms with Gasteiger partial charge in [-0.05, 0) is 36.4 Å². The Labute approximate surface area is 185 Å². The van der Waals surface area contributed by atoms with E-state index in [4.69, 9.17) is 4.74 Å². The first kappa shape index (κ1) is 18.7. The molecule has 0 aliphatic carbocycles. The number of benzene rings is 2. The molecule has 6 heteroatoms. The Morgan fingerprint density at radius 2 is 1.97 bits per heavy atom. The molecule has 0 spiro atoms. The maximum Gasteiger partial charge on any atom is 0.254 e. The molecule has 32 heavy (non-hydrogen) atoms. The number of imidazole rings is 1. The zero-order valence-electron chi connectivity index (χ0n) is 17.5. The van der Waals surface area contributed by atoms with E-state index < -0.39 is 0 Å². The highest BCUT2D eigenvalue weighted by atomic mass is 16.5. The summed E-state index contributed by atoms with van der Waals surface area (Å²) in [6.45, 7) is 1.66. The van der Waals surface area contributed by atoms with Crippen molar-refractivity contribution in [2.75, 3.05) is 6.54 Å². The lowest BCUT2D eigenvalue weighted by Crippen LogP contribution is -2.35. The molecule has 158 valence electrons. The highest BCUT2D eigenvalue weighted by Crippen LogP contribution is 2.28. The highest BCUT2D eigenvalue weighted by molar-refractivity contribution is 5.95. The molecule has 0 fully saturated rings. The van der Waals surface area contributed by atoms with Crippen molar-refractivity contribution in [3.05, 3.63) is 102 Å². The fraction of sp³-hybridized carbons (Fsp3) is 0.154. The van der Waals surface area contributed by atoms with Crippen LogP contribution in [0.3, 0.4) is 0 Å². The van der Waals surface area contributed by atoms with Crippen LogP contribution in [0.25, 0.3) is 16.6 Å². The third kappa shape index (κ3) is 3.30. The van der Waals surface area contributed by atoms with E-state index in [9.17, 15) is 4.79 Å². The normalized spacial score (nSPS) is 13.4. The number of amides is 1. The summed E-state index contributed by atoms with van der Waals surface area (Å²) < 4.78 is 7.92. The minimum absolute atomic E-state index is 0.0270. The molecule has 0 radical (unpaired) electrons. The largest absolute Gasteiger partial charge is 0.487 e. The molecule has 2 aromatic carbocycles.